The molecular formula is C80H120N10O20. The molecular weight excluding hydrogens is 1420 g/mol. The molecule has 5 aliphatic heterocycles. The van der Waals surface area contributed by atoms with Crippen molar-refractivity contribution in [3.05, 3.63) is 76.8 Å². The van der Waals surface area contributed by atoms with Crippen molar-refractivity contribution in [3.63, 3.8) is 0 Å². The van der Waals surface area contributed by atoms with Crippen molar-refractivity contribution in [2.45, 2.75) is 206 Å². The highest BCUT2D eigenvalue weighted by atomic mass is 16.6. The van der Waals surface area contributed by atoms with Crippen LogP contribution >= 0.6 is 0 Å². The number of cyclic esters (lactones) is 1. The summed E-state index contributed by atoms with van der Waals surface area (Å²) in [6, 6.07) is -1.22. The van der Waals surface area contributed by atoms with Gasteiger partial charge in [0.15, 0.2) is 5.78 Å². The lowest BCUT2D eigenvalue weighted by Gasteiger charge is -2.42. The average molecular weight is 1540 g/mol. The number of nitrogens with one attached hydrogen (secondary N) is 1. The number of methoxy groups -OCH3 is 3. The number of allylic oxidation sites excluding steroid dienone is 6. The molecule has 110 heavy (non-hydrogen) atoms. The summed E-state index contributed by atoms with van der Waals surface area (Å²) in [5.41, 5.74) is 9.28. The molecule has 5 N–H and O–H groups in total. The molecule has 3 saturated heterocycles. The van der Waals surface area contributed by atoms with Gasteiger partial charge in [0, 0.05) is 129 Å². The molecule has 3 amide bonds. The number of anilines is 3. The highest BCUT2D eigenvalue weighted by Gasteiger charge is 2.53. The second kappa shape index (κ2) is 43.5. The Morgan fingerprint density at radius 3 is 2.08 bits per heavy atom. The number of carbonyl (C=O) groups excluding carboxylic acids is 8. The van der Waals surface area contributed by atoms with Crippen LogP contribution in [-0.2, 0) is 89.1 Å². The second-order valence-electron chi connectivity index (χ2n) is 30.4. The third kappa shape index (κ3) is 25.0. The molecule has 0 unspecified atom stereocenters. The van der Waals surface area contributed by atoms with Gasteiger partial charge in [0.05, 0.1) is 89.0 Å². The number of nitrogens with zero attached hydrogens (tertiary/aromatic N) is 8. The zero-order chi connectivity index (χ0) is 79.6. The number of esters is 1. The molecule has 0 radical (unpaired) electrons. The van der Waals surface area contributed by atoms with Gasteiger partial charge in [0.2, 0.25) is 17.7 Å². The van der Waals surface area contributed by atoms with Gasteiger partial charge < -0.3 is 88.2 Å². The number of ether oxygens (including phenoxy) is 10. The van der Waals surface area contributed by atoms with Gasteiger partial charge in [-0.05, 0) is 114 Å². The van der Waals surface area contributed by atoms with E-state index in [1.54, 1.807) is 59.1 Å². The van der Waals surface area contributed by atoms with Gasteiger partial charge in [-0.25, -0.2) is 24.5 Å². The molecule has 0 aromatic carbocycles. The van der Waals surface area contributed by atoms with Crippen LogP contribution in [0.1, 0.15) is 160 Å². The van der Waals surface area contributed by atoms with Gasteiger partial charge in [-0.1, -0.05) is 71.1 Å². The maximum atomic E-state index is 14.8. The molecule has 4 fully saturated rings. The van der Waals surface area contributed by atoms with Crippen LogP contribution in [0.5, 0.6) is 0 Å². The number of carbonyl (C=O) groups is 8. The van der Waals surface area contributed by atoms with Gasteiger partial charge in [-0.3, -0.25) is 28.8 Å². The van der Waals surface area contributed by atoms with Crippen molar-refractivity contribution >= 4 is 64.7 Å². The highest BCUT2D eigenvalue weighted by molar-refractivity contribution is 6.39. The summed E-state index contributed by atoms with van der Waals surface area (Å²) in [5.74, 6) is -8.03. The minimum Gasteiger partial charge on any atom is -0.460 e. The lowest BCUT2D eigenvalue weighted by Crippen LogP contribution is -2.61. The lowest BCUT2D eigenvalue weighted by molar-refractivity contribution is -0.265. The number of aliphatic hydroxyl groups is 2. The molecule has 610 valence electrons. The fraction of sp³-hybridized carbons (Fsp3) is 0.700. The summed E-state index contributed by atoms with van der Waals surface area (Å²) in [7, 11) is 4.51. The zero-order valence-electron chi connectivity index (χ0n) is 66.3. The standard InChI is InChI=1S/C80H120N10O20/c1-50-17-13-12-14-18-51(2)66(101-9)45-60-22-20-56(7)80(100,110-60)72(95)75(97)90-27-16-15-19-63(90)76(98)108-67(46-64(92)52(3)42-55(6)70(94)71(103-11)69(93)54(5)41-50)53(4)43-58-21-23-65(68(44-58)102-10)109-79(99)89-28-24-62-59(49-89)47-83-77(85-62)87-29-31-88(32-30-87)78-84-48-61(73(81)86-78)74(96)82-26-34-105-36-38-107-40-39-106-37-35-104-33-25-57(8)91/h12-14,17-18,42,47-48,50,52-54,56,58,60,63,65-68,70-71,94,100H,15-16,19-41,43-46,49H2,1-11H3,(H,82,96)(H2,81,84,86)/b14-12+,17-13+,51-18+,55-42+/t50-,52-,53-,54-,56-,58+,60+,63+,65-,66+,67+,68-,70-,71+,80-/m1/s1. The van der Waals surface area contributed by atoms with E-state index in [1.807, 2.05) is 56.1 Å². The number of hydrogen-bond donors (Lipinski definition) is 4. The van der Waals surface area contributed by atoms with Crippen LogP contribution in [0.4, 0.5) is 22.5 Å². The summed E-state index contributed by atoms with van der Waals surface area (Å²) in [6.07, 6.45) is 13.4. The smallest absolute Gasteiger partial charge is 0.410 e. The van der Waals surface area contributed by atoms with E-state index in [1.165, 1.54) is 25.1 Å². The highest BCUT2D eigenvalue weighted by Crippen LogP contribution is 2.39. The van der Waals surface area contributed by atoms with Crippen molar-refractivity contribution in [2.24, 2.45) is 35.5 Å². The Kier molecular flexibility index (Phi) is 34.8. The van der Waals surface area contributed by atoms with Crippen LogP contribution in [0.25, 0.3) is 0 Å². The summed E-state index contributed by atoms with van der Waals surface area (Å²) >= 11 is 0. The third-order valence-electron chi connectivity index (χ3n) is 22.0. The van der Waals surface area contributed by atoms with Gasteiger partial charge in [-0.2, -0.15) is 4.98 Å². The van der Waals surface area contributed by atoms with Crippen LogP contribution in [0.2, 0.25) is 0 Å². The quantitative estimate of drug-likeness (QED) is 0.0350. The van der Waals surface area contributed by atoms with Crippen molar-refractivity contribution in [2.75, 3.05) is 136 Å². The molecule has 30 heteroatoms. The van der Waals surface area contributed by atoms with E-state index in [4.69, 9.17) is 63.1 Å². The van der Waals surface area contributed by atoms with Gasteiger partial charge in [0.1, 0.15) is 47.8 Å². The Morgan fingerprint density at radius 1 is 0.745 bits per heavy atom. The summed E-state index contributed by atoms with van der Waals surface area (Å²) < 4.78 is 58.3. The number of ketones is 4. The Hall–Kier alpha value is -7.52. The first-order valence-electron chi connectivity index (χ1n) is 39.2. The predicted octanol–water partition coefficient (Wildman–Crippen LogP) is 6.65. The van der Waals surface area contributed by atoms with Gasteiger partial charge in [0.25, 0.3) is 17.6 Å². The molecule has 2 bridgehead atoms. The minimum absolute atomic E-state index is 0.0213. The number of Topliss-reactive ketones (excluding diaryl/α,β-unsaturated/α-hetero) is 4. The fourth-order valence-corrected chi connectivity index (χ4v) is 15.2. The lowest BCUT2D eigenvalue weighted by atomic mass is 9.78. The monoisotopic (exact) mass is 1540 g/mol. The number of fused-ring (bicyclic) bond motifs is 4. The van der Waals surface area contributed by atoms with Crippen molar-refractivity contribution in [3.8, 4) is 0 Å². The Labute approximate surface area is 647 Å². The van der Waals surface area contributed by atoms with Crippen LogP contribution in [0.3, 0.4) is 0 Å². The first-order chi connectivity index (χ1) is 52.7. The molecule has 2 aromatic rings. The predicted molar refractivity (Wildman–Crippen MR) is 407 cm³/mol. The molecule has 15 atom stereocenters. The molecule has 1 saturated carbocycles. The first kappa shape index (κ1) is 88.1. The fourth-order valence-electron chi connectivity index (χ4n) is 15.2. The van der Waals surface area contributed by atoms with Crippen LogP contribution < -0.4 is 20.9 Å². The normalized spacial score (nSPS) is 30.0. The molecule has 2 aromatic heterocycles. The number of aromatic nitrogens is 4. The molecule has 0 spiro atoms. The first-order valence-corrected chi connectivity index (χ1v) is 39.2. The molecule has 6 aliphatic rings. The van der Waals surface area contributed by atoms with E-state index in [9.17, 15) is 48.6 Å². The number of rotatable bonds is 25. The summed E-state index contributed by atoms with van der Waals surface area (Å²) in [4.78, 5) is 136. The number of piperazine rings is 1. The molecule has 1 aliphatic carbocycles. The number of amides is 3. The van der Waals surface area contributed by atoms with E-state index in [0.29, 0.717) is 167 Å². The number of nitrogens with two attached hydrogens (primary N) is 1. The summed E-state index contributed by atoms with van der Waals surface area (Å²) in [5, 5.41) is 26.6. The zero-order valence-corrected chi connectivity index (χ0v) is 66.3. The molecule has 7 heterocycles. The minimum atomic E-state index is -2.49. The number of hydrogen-bond acceptors (Lipinski definition) is 27. The number of piperidine rings is 1. The van der Waals surface area contributed by atoms with Crippen molar-refractivity contribution < 1.29 is 95.9 Å². The van der Waals surface area contributed by atoms with Crippen LogP contribution in [-0.4, -0.2) is 262 Å². The Bertz CT molecular complexity index is 3530. The van der Waals surface area contributed by atoms with Gasteiger partial charge in [-0.15, -0.1) is 0 Å². The van der Waals surface area contributed by atoms with E-state index in [0.717, 1.165) is 16.8 Å². The molecule has 8 rings (SSSR count). The van der Waals surface area contributed by atoms with E-state index < -0.39 is 108 Å². The van der Waals surface area contributed by atoms with E-state index in [-0.39, 0.29) is 86.1 Å². The number of aliphatic hydroxyl groups excluding tert-OH is 1. The molecule has 30 nitrogen and oxygen atoms in total. The maximum Gasteiger partial charge on any atom is 0.410 e. The Balaban J connectivity index is 0.849. The van der Waals surface area contributed by atoms with Crippen LogP contribution in [0, 0.1) is 35.5 Å². The van der Waals surface area contributed by atoms with Crippen LogP contribution in [0.15, 0.2) is 60.0 Å². The largest absolute Gasteiger partial charge is 0.460 e. The average Bonchev–Trinajstić information content (AvgIpc) is 0.774. The topological polar surface area (TPSA) is 372 Å². The maximum absolute atomic E-state index is 14.8. The third-order valence-corrected chi connectivity index (χ3v) is 22.0. The van der Waals surface area contributed by atoms with E-state index in [2.05, 4.69) is 20.2 Å². The van der Waals surface area contributed by atoms with Crippen molar-refractivity contribution in [1.82, 2.24) is 35.1 Å². The SMILES string of the molecule is CO[C@H]1C[C@@H]2CC[C@@H](C)[C@@](O)(O2)C(=O)C(=O)N2CCCC[C@H]2C(=O)O[C@H]([C@H](C)C[C@@H]2CC[C@@H](OC(=O)N3CCc4nc(N5CCN(c6ncc(C(=O)NCCOCCOCCOCCOCCC(C)=O)c(N)n6)CC5)ncc4C3)[C@H](OC)C2)CC(=O)[C@H](C)/C=C(\C)[C@@H](O)[C@@H](OC)C(=O)[C@H](C)C[C@H](C)/C=C/C=C/C=C/1C. The summed E-state index contributed by atoms with van der Waals surface area (Å²) in [6.45, 7) is 20.2. The van der Waals surface area contributed by atoms with Gasteiger partial charge >= 0.3 is 12.1 Å². The van der Waals surface area contributed by atoms with Crippen molar-refractivity contribution in [1.29, 1.82) is 0 Å². The number of nitrogen functional groups attached to an aromatic ring is 1. The van der Waals surface area contributed by atoms with E-state index >= 15 is 0 Å². The second-order valence-corrected chi connectivity index (χ2v) is 30.4. The Morgan fingerprint density at radius 2 is 1.42 bits per heavy atom.